The van der Waals surface area contributed by atoms with E-state index in [4.69, 9.17) is 16.0 Å². The number of halogens is 4. The summed E-state index contributed by atoms with van der Waals surface area (Å²) in [7, 11) is -6.10. The van der Waals surface area contributed by atoms with Crippen molar-refractivity contribution in [1.82, 2.24) is 4.72 Å². The molecule has 0 unspecified atom stereocenters. The second kappa shape index (κ2) is 10.5. The summed E-state index contributed by atoms with van der Waals surface area (Å²) in [5.41, 5.74) is -0.250. The second-order valence-electron chi connectivity index (χ2n) is 8.64. The van der Waals surface area contributed by atoms with Crippen LogP contribution in [0.1, 0.15) is 20.8 Å². The molecule has 2 aromatic rings. The van der Waals surface area contributed by atoms with Crippen molar-refractivity contribution in [3.63, 3.8) is 0 Å². The highest BCUT2D eigenvalue weighted by atomic mass is 127. The molecule has 0 amide bonds. The van der Waals surface area contributed by atoms with Crippen LogP contribution in [-0.4, -0.2) is 29.9 Å². The van der Waals surface area contributed by atoms with Gasteiger partial charge in [-0.1, -0.05) is 32.4 Å². The number of hydrogen-bond donors (Lipinski definition) is 3. The number of rotatable bonds is 9. The van der Waals surface area contributed by atoms with Crippen LogP contribution in [0.15, 0.2) is 30.3 Å². The van der Waals surface area contributed by atoms with Gasteiger partial charge in [-0.2, -0.15) is 13.1 Å². The third kappa shape index (κ3) is 7.25. The first kappa shape index (κ1) is 27.3. The van der Waals surface area contributed by atoms with Crippen LogP contribution in [-0.2, 0) is 14.6 Å². The maximum Gasteiger partial charge on any atom is 0.299 e. The van der Waals surface area contributed by atoms with Crippen LogP contribution in [0.4, 0.5) is 25.8 Å². The summed E-state index contributed by atoms with van der Waals surface area (Å²) in [4.78, 5) is 0. The zero-order valence-electron chi connectivity index (χ0n) is 18.4. The van der Waals surface area contributed by atoms with Crippen molar-refractivity contribution in [1.29, 1.82) is 0 Å². The van der Waals surface area contributed by atoms with Crippen LogP contribution < -0.4 is 14.8 Å². The van der Waals surface area contributed by atoms with Crippen molar-refractivity contribution < 1.29 is 21.6 Å². The summed E-state index contributed by atoms with van der Waals surface area (Å²) >= 11 is 8.23. The maximum absolute atomic E-state index is 14.5. The van der Waals surface area contributed by atoms with Crippen molar-refractivity contribution in [2.75, 3.05) is 23.2 Å². The van der Waals surface area contributed by atoms with E-state index in [1.165, 1.54) is 0 Å². The van der Waals surface area contributed by atoms with E-state index in [1.807, 2.05) is 0 Å². The number of nitrogens with one attached hydrogen (secondary N) is 3. The quantitative estimate of drug-likeness (QED) is 0.177. The third-order valence-electron chi connectivity index (χ3n) is 5.19. The molecule has 0 aliphatic heterocycles. The molecular weight excluding hydrogens is 591 g/mol. The largest absolute Gasteiger partial charge is 0.415 e. The number of hydrogen-bond acceptors (Lipinski definition) is 4. The molecule has 32 heavy (non-hydrogen) atoms. The van der Waals surface area contributed by atoms with Crippen LogP contribution in [0, 0.1) is 15.2 Å². The molecule has 0 heterocycles. The van der Waals surface area contributed by atoms with E-state index in [0.29, 0.717) is 5.69 Å². The lowest BCUT2D eigenvalue weighted by molar-refractivity contribution is 0.293. The zero-order chi connectivity index (χ0) is 24.3. The van der Waals surface area contributed by atoms with E-state index in [1.54, 1.807) is 18.2 Å². The molecule has 0 aliphatic rings. The van der Waals surface area contributed by atoms with Crippen molar-refractivity contribution in [2.45, 2.75) is 38.9 Å². The highest BCUT2D eigenvalue weighted by Crippen LogP contribution is 2.36. The molecule has 0 fully saturated rings. The maximum atomic E-state index is 14.5. The molecule has 6 nitrogen and oxygen atoms in total. The molecule has 0 bridgehead atoms. The molecule has 2 rings (SSSR count). The topological polar surface area (TPSA) is 79.5 Å². The lowest BCUT2D eigenvalue weighted by Gasteiger charge is -2.36. The molecule has 0 spiro atoms. The molecule has 0 aliphatic carbocycles. The van der Waals surface area contributed by atoms with Gasteiger partial charge in [0.05, 0.1) is 16.4 Å². The van der Waals surface area contributed by atoms with Gasteiger partial charge in [-0.3, -0.25) is 4.72 Å². The van der Waals surface area contributed by atoms with Crippen molar-refractivity contribution in [3.8, 4) is 0 Å². The van der Waals surface area contributed by atoms with Gasteiger partial charge in [0.25, 0.3) is 10.2 Å². The lowest BCUT2D eigenvalue weighted by Crippen LogP contribution is -2.43. The minimum Gasteiger partial charge on any atom is -0.415 e. The Bertz CT molecular complexity index is 1080. The molecule has 12 heteroatoms. The van der Waals surface area contributed by atoms with Gasteiger partial charge in [-0.15, -0.1) is 0 Å². The number of benzene rings is 2. The average molecular weight is 618 g/mol. The van der Waals surface area contributed by atoms with E-state index in [9.17, 15) is 17.2 Å². The predicted octanol–water partition coefficient (Wildman–Crippen LogP) is 6.23. The fourth-order valence-corrected chi connectivity index (χ4v) is 5.20. The van der Waals surface area contributed by atoms with Crippen molar-refractivity contribution in [3.05, 3.63) is 50.6 Å². The Morgan fingerprint density at radius 1 is 1.12 bits per heavy atom. The van der Waals surface area contributed by atoms with Crippen LogP contribution >= 0.6 is 34.2 Å². The monoisotopic (exact) mass is 617 g/mol. The summed E-state index contributed by atoms with van der Waals surface area (Å²) in [5, 5.41) is 2.95. The molecule has 0 radical (unpaired) electrons. The van der Waals surface area contributed by atoms with Gasteiger partial charge >= 0.3 is 0 Å². The highest BCUT2D eigenvalue weighted by molar-refractivity contribution is 14.1. The summed E-state index contributed by atoms with van der Waals surface area (Å²) < 4.78 is 64.8. The van der Waals surface area contributed by atoms with Gasteiger partial charge in [-0.25, -0.2) is 8.78 Å². The minimum absolute atomic E-state index is 0.00683. The van der Waals surface area contributed by atoms with Gasteiger partial charge in [0.2, 0.25) is 0 Å². The van der Waals surface area contributed by atoms with Crippen molar-refractivity contribution >= 4 is 69.8 Å². The molecule has 178 valence electrons. The van der Waals surface area contributed by atoms with E-state index in [2.05, 4.69) is 71.2 Å². The normalized spacial score (nSPS) is 12.7. The van der Waals surface area contributed by atoms with E-state index < -0.39 is 30.2 Å². The highest BCUT2D eigenvalue weighted by Gasteiger charge is 2.36. The van der Waals surface area contributed by atoms with E-state index >= 15 is 0 Å². The molecular formula is C20H27ClF2IN3O3SSi. The minimum atomic E-state index is -4.08. The average Bonchev–Trinajstić information content (AvgIpc) is 2.65. The Morgan fingerprint density at radius 2 is 1.75 bits per heavy atom. The Hall–Kier alpha value is -0.993. The summed E-state index contributed by atoms with van der Waals surface area (Å²) in [6.45, 7) is 10.6. The number of anilines is 3. The first-order chi connectivity index (χ1) is 14.6. The SMILES string of the molecule is CC(C)(C)[Si](C)(C)OCCNS(=O)(=O)Nc1ccc(F)c(F)c1Nc1ccc(I)cc1Cl. The smallest absolute Gasteiger partial charge is 0.299 e. The van der Waals surface area contributed by atoms with Gasteiger partial charge in [0, 0.05) is 16.7 Å². The van der Waals surface area contributed by atoms with Gasteiger partial charge in [0.15, 0.2) is 20.0 Å². The van der Waals surface area contributed by atoms with Gasteiger partial charge in [0.1, 0.15) is 5.69 Å². The van der Waals surface area contributed by atoms with Crippen LogP contribution in [0.25, 0.3) is 0 Å². The Kier molecular flexibility index (Phi) is 8.95. The van der Waals surface area contributed by atoms with E-state index in [0.717, 1.165) is 15.7 Å². The molecule has 0 aromatic heterocycles. The van der Waals surface area contributed by atoms with Crippen LogP contribution in [0.3, 0.4) is 0 Å². The van der Waals surface area contributed by atoms with Crippen LogP contribution in [0.2, 0.25) is 23.2 Å². The van der Waals surface area contributed by atoms with Gasteiger partial charge in [-0.05, 0) is 71.1 Å². The Labute approximate surface area is 207 Å². The molecule has 0 atom stereocenters. The van der Waals surface area contributed by atoms with Gasteiger partial charge < -0.3 is 9.74 Å². The van der Waals surface area contributed by atoms with E-state index in [-0.39, 0.29) is 34.6 Å². The fourth-order valence-electron chi connectivity index (χ4n) is 2.36. The standard InChI is InChI=1S/C20H27ClF2IN3O3SSi/c1-20(2,3)32(4,5)30-11-10-25-31(28,29)27-17-9-7-15(22)18(23)19(17)26-16-8-6-13(24)12-14(16)21/h6-9,12,25-27H,10-11H2,1-5H3. The van der Waals surface area contributed by atoms with Crippen LogP contribution in [0.5, 0.6) is 0 Å². The molecule has 0 saturated carbocycles. The molecule has 3 N–H and O–H groups in total. The lowest BCUT2D eigenvalue weighted by atomic mass is 10.2. The summed E-state index contributed by atoms with van der Waals surface area (Å²) in [6, 6.07) is 6.92. The zero-order valence-corrected chi connectivity index (χ0v) is 23.2. The first-order valence-electron chi connectivity index (χ1n) is 9.74. The summed E-state index contributed by atoms with van der Waals surface area (Å²) in [6.07, 6.45) is 0. The second-order valence-corrected chi connectivity index (χ2v) is 16.6. The molecule has 0 saturated heterocycles. The first-order valence-corrected chi connectivity index (χ1v) is 15.6. The third-order valence-corrected chi connectivity index (χ3v) is 11.8. The predicted molar refractivity (Wildman–Crippen MR) is 138 cm³/mol. The summed E-state index contributed by atoms with van der Waals surface area (Å²) in [5.74, 6) is -2.37. The van der Waals surface area contributed by atoms with Crippen molar-refractivity contribution in [2.24, 2.45) is 0 Å². The Morgan fingerprint density at radius 3 is 2.34 bits per heavy atom. The fraction of sp³-hybridized carbons (Fsp3) is 0.400. The Balaban J connectivity index is 2.15. The molecule has 2 aromatic carbocycles.